The second-order valence-electron chi connectivity index (χ2n) is 9.90. The van der Waals surface area contributed by atoms with Gasteiger partial charge in [-0.2, -0.15) is 4.98 Å². The molecule has 0 amide bonds. The number of nitrogens with one attached hydrogen (secondary N) is 2. The summed E-state index contributed by atoms with van der Waals surface area (Å²) in [6.45, 7) is 4.44. The molecule has 1 aromatic heterocycles. The van der Waals surface area contributed by atoms with Crippen molar-refractivity contribution >= 4 is 28.6 Å². The van der Waals surface area contributed by atoms with Crippen LogP contribution in [0.3, 0.4) is 0 Å². The summed E-state index contributed by atoms with van der Waals surface area (Å²) in [5.74, 6) is 2.73. The van der Waals surface area contributed by atoms with Gasteiger partial charge in [-0.15, -0.1) is 0 Å². The first kappa shape index (κ1) is 25.8. The number of ether oxygens (including phenoxy) is 3. The normalized spacial score (nSPS) is 17.3. The molecular formula is C28H37N7O3. The van der Waals surface area contributed by atoms with Crippen LogP contribution >= 0.6 is 0 Å². The number of hydrogen-bond donors (Lipinski definition) is 3. The third-order valence-electron chi connectivity index (χ3n) is 7.91. The number of nitrogens with zero attached hydrogens (tertiary/aromatic N) is 4. The molecular weight excluding hydrogens is 482 g/mol. The van der Waals surface area contributed by atoms with Crippen molar-refractivity contribution in [2.24, 2.45) is 0 Å². The van der Waals surface area contributed by atoms with E-state index in [2.05, 4.69) is 49.4 Å². The second kappa shape index (κ2) is 10.9. The standard InChI is InChI=1S/C28H37N7O3/c1-31-27-32-21-17-22(36-2)24(37-3)20(23(21)25(29)33-27)18-28(19-7-5-4-6-8-19)9-11-34(12-10-28)26(30)35-13-15-38-16-14-35/h4-8,17,30H,9-16,18H2,1-3H3,(H3,29,31,32,33). The zero-order chi connectivity index (χ0) is 26.7. The van der Waals surface area contributed by atoms with E-state index in [1.807, 2.05) is 12.1 Å². The van der Waals surface area contributed by atoms with E-state index in [-0.39, 0.29) is 5.41 Å². The molecule has 0 aliphatic carbocycles. The van der Waals surface area contributed by atoms with Crippen LogP contribution in [0.2, 0.25) is 0 Å². The molecule has 2 saturated heterocycles. The molecule has 3 aromatic rings. The number of benzene rings is 2. The van der Waals surface area contributed by atoms with E-state index >= 15 is 0 Å². The van der Waals surface area contributed by atoms with Crippen LogP contribution in [-0.2, 0) is 16.6 Å². The minimum absolute atomic E-state index is 0.191. The average Bonchev–Trinajstić information content (AvgIpc) is 2.97. The number of guanidine groups is 1. The molecule has 5 rings (SSSR count). The van der Waals surface area contributed by atoms with E-state index in [1.54, 1.807) is 21.3 Å². The number of piperidine rings is 1. The molecule has 0 atom stereocenters. The van der Waals surface area contributed by atoms with Gasteiger partial charge in [0.15, 0.2) is 17.5 Å². The van der Waals surface area contributed by atoms with Gasteiger partial charge < -0.3 is 35.1 Å². The number of fused-ring (bicyclic) bond motifs is 1. The first-order valence-electron chi connectivity index (χ1n) is 13.1. The Morgan fingerprint density at radius 1 is 1.05 bits per heavy atom. The summed E-state index contributed by atoms with van der Waals surface area (Å²) >= 11 is 0. The van der Waals surface area contributed by atoms with Crippen molar-refractivity contribution in [3.63, 3.8) is 0 Å². The number of nitrogen functional groups attached to an aromatic ring is 1. The maximum atomic E-state index is 8.84. The fourth-order valence-electron chi connectivity index (χ4n) is 5.84. The van der Waals surface area contributed by atoms with Gasteiger partial charge in [-0.05, 0) is 24.8 Å². The predicted molar refractivity (Wildman–Crippen MR) is 149 cm³/mol. The van der Waals surface area contributed by atoms with Gasteiger partial charge in [0.25, 0.3) is 0 Å². The number of aromatic nitrogens is 2. The van der Waals surface area contributed by atoms with E-state index < -0.39 is 0 Å². The lowest BCUT2D eigenvalue weighted by molar-refractivity contribution is 0.0593. The van der Waals surface area contributed by atoms with E-state index in [0.717, 1.165) is 50.0 Å². The van der Waals surface area contributed by atoms with Crippen LogP contribution in [0.4, 0.5) is 11.8 Å². The largest absolute Gasteiger partial charge is 0.493 e. The fraction of sp³-hybridized carbons (Fsp3) is 0.464. The predicted octanol–water partition coefficient (Wildman–Crippen LogP) is 3.11. The molecule has 0 radical (unpaired) electrons. The van der Waals surface area contributed by atoms with Gasteiger partial charge in [-0.25, -0.2) is 4.98 Å². The van der Waals surface area contributed by atoms with Crippen molar-refractivity contribution < 1.29 is 14.2 Å². The van der Waals surface area contributed by atoms with E-state index in [4.69, 9.17) is 25.4 Å². The lowest BCUT2D eigenvalue weighted by atomic mass is 9.68. The van der Waals surface area contributed by atoms with Crippen molar-refractivity contribution in [3.8, 4) is 11.5 Å². The van der Waals surface area contributed by atoms with Crippen molar-refractivity contribution in [1.82, 2.24) is 19.8 Å². The van der Waals surface area contributed by atoms with Gasteiger partial charge >= 0.3 is 0 Å². The number of likely N-dealkylation sites (tertiary alicyclic amines) is 1. The van der Waals surface area contributed by atoms with Crippen molar-refractivity contribution in [2.75, 3.05) is 71.7 Å². The first-order valence-corrected chi connectivity index (χ1v) is 13.1. The first-order chi connectivity index (χ1) is 18.5. The lowest BCUT2D eigenvalue weighted by Crippen LogP contribution is -2.53. The molecule has 2 aliphatic heterocycles. The zero-order valence-corrected chi connectivity index (χ0v) is 22.4. The number of hydrogen-bond acceptors (Lipinski definition) is 8. The molecule has 38 heavy (non-hydrogen) atoms. The highest BCUT2D eigenvalue weighted by atomic mass is 16.5. The van der Waals surface area contributed by atoms with Crippen molar-refractivity contribution in [1.29, 1.82) is 5.41 Å². The Morgan fingerprint density at radius 2 is 1.74 bits per heavy atom. The molecule has 10 nitrogen and oxygen atoms in total. The quantitative estimate of drug-likeness (QED) is 0.333. The molecule has 3 heterocycles. The Balaban J connectivity index is 1.56. The Hall–Kier alpha value is -3.79. The Bertz CT molecular complexity index is 1290. The van der Waals surface area contributed by atoms with Crippen LogP contribution in [0.1, 0.15) is 24.0 Å². The maximum Gasteiger partial charge on any atom is 0.224 e. The summed E-state index contributed by atoms with van der Waals surface area (Å²) in [6.07, 6.45) is 2.43. The van der Waals surface area contributed by atoms with Crippen LogP contribution in [0.25, 0.3) is 10.9 Å². The summed E-state index contributed by atoms with van der Waals surface area (Å²) in [7, 11) is 5.07. The highest BCUT2D eigenvalue weighted by Crippen LogP contribution is 2.46. The maximum absolute atomic E-state index is 8.84. The minimum Gasteiger partial charge on any atom is -0.493 e. The number of morpholine rings is 1. The topological polar surface area (TPSA) is 122 Å². The van der Waals surface area contributed by atoms with Crippen LogP contribution in [-0.4, -0.2) is 86.4 Å². The van der Waals surface area contributed by atoms with Gasteiger partial charge in [0.2, 0.25) is 5.95 Å². The summed E-state index contributed by atoms with van der Waals surface area (Å²) in [5, 5.41) is 12.6. The summed E-state index contributed by atoms with van der Waals surface area (Å²) in [5.41, 5.74) is 9.27. The summed E-state index contributed by atoms with van der Waals surface area (Å²) in [6, 6.07) is 12.5. The smallest absolute Gasteiger partial charge is 0.224 e. The molecule has 0 unspecified atom stereocenters. The van der Waals surface area contributed by atoms with Gasteiger partial charge in [0, 0.05) is 55.7 Å². The highest BCUT2D eigenvalue weighted by Gasteiger charge is 2.39. The molecule has 0 spiro atoms. The van der Waals surface area contributed by atoms with Crippen LogP contribution in [0.15, 0.2) is 36.4 Å². The minimum atomic E-state index is -0.191. The Labute approximate surface area is 223 Å². The Kier molecular flexibility index (Phi) is 7.42. The molecule has 202 valence electrons. The molecule has 4 N–H and O–H groups in total. The molecule has 10 heteroatoms. The molecule has 0 bridgehead atoms. The number of rotatable bonds is 6. The van der Waals surface area contributed by atoms with Crippen molar-refractivity contribution in [3.05, 3.63) is 47.5 Å². The van der Waals surface area contributed by atoms with E-state index in [1.165, 1.54) is 5.56 Å². The number of methoxy groups -OCH3 is 2. The molecule has 0 saturated carbocycles. The fourth-order valence-corrected chi connectivity index (χ4v) is 5.84. The van der Waals surface area contributed by atoms with Crippen molar-refractivity contribution in [2.45, 2.75) is 24.7 Å². The van der Waals surface area contributed by atoms with E-state index in [0.29, 0.717) is 54.4 Å². The van der Waals surface area contributed by atoms with Gasteiger partial charge in [0.1, 0.15) is 5.82 Å². The number of nitrogens with two attached hydrogens (primary N) is 1. The SMILES string of the molecule is CNc1nc(N)c2c(CC3(c4ccccc4)CCN(C(=N)N4CCOCC4)CC3)c(OC)c(OC)cc2n1. The lowest BCUT2D eigenvalue weighted by Gasteiger charge is -2.45. The zero-order valence-electron chi connectivity index (χ0n) is 22.4. The molecule has 2 fully saturated rings. The van der Waals surface area contributed by atoms with Gasteiger partial charge in [-0.1, -0.05) is 30.3 Å². The summed E-state index contributed by atoms with van der Waals surface area (Å²) < 4.78 is 17.2. The monoisotopic (exact) mass is 519 g/mol. The van der Waals surface area contributed by atoms with Crippen LogP contribution < -0.4 is 20.5 Å². The van der Waals surface area contributed by atoms with E-state index in [9.17, 15) is 0 Å². The molecule has 2 aromatic carbocycles. The summed E-state index contributed by atoms with van der Waals surface area (Å²) in [4.78, 5) is 13.5. The average molecular weight is 520 g/mol. The Morgan fingerprint density at radius 3 is 2.37 bits per heavy atom. The van der Waals surface area contributed by atoms with Gasteiger partial charge in [-0.3, -0.25) is 5.41 Å². The third-order valence-corrected chi connectivity index (χ3v) is 7.91. The second-order valence-corrected chi connectivity index (χ2v) is 9.90. The highest BCUT2D eigenvalue weighted by molar-refractivity contribution is 5.95. The van der Waals surface area contributed by atoms with Crippen LogP contribution in [0.5, 0.6) is 11.5 Å². The number of anilines is 2. The van der Waals surface area contributed by atoms with Crippen LogP contribution in [0, 0.1) is 5.41 Å². The van der Waals surface area contributed by atoms with Gasteiger partial charge in [0.05, 0.1) is 33.0 Å². The molecule has 2 aliphatic rings. The third kappa shape index (κ3) is 4.76.